The summed E-state index contributed by atoms with van der Waals surface area (Å²) < 4.78 is 1.58. The van der Waals surface area contributed by atoms with E-state index in [1.165, 1.54) is 0 Å². The van der Waals surface area contributed by atoms with Crippen molar-refractivity contribution in [2.45, 2.75) is 19.4 Å². The number of halogens is 1. The molecule has 2 heterocycles. The van der Waals surface area contributed by atoms with Crippen LogP contribution in [0.25, 0.3) is 5.69 Å². The molecule has 0 spiro atoms. The van der Waals surface area contributed by atoms with Crippen LogP contribution in [0, 0.1) is 0 Å². The fourth-order valence-electron chi connectivity index (χ4n) is 2.88. The molecule has 1 aromatic heterocycles. The van der Waals surface area contributed by atoms with Crippen molar-refractivity contribution in [3.05, 3.63) is 41.2 Å². The number of benzene rings is 1. The van der Waals surface area contributed by atoms with Crippen LogP contribution in [0.3, 0.4) is 0 Å². The van der Waals surface area contributed by atoms with Gasteiger partial charge in [-0.05, 0) is 31.7 Å². The molecular formula is C16H20ClN5O. The number of nitrogens with zero attached hydrogens (tertiary/aromatic N) is 5. The minimum atomic E-state index is -0.0572. The second-order valence-electron chi connectivity index (χ2n) is 5.85. The molecule has 0 radical (unpaired) electrons. The van der Waals surface area contributed by atoms with E-state index in [9.17, 15) is 4.79 Å². The van der Waals surface area contributed by atoms with E-state index < -0.39 is 0 Å². The molecule has 1 aliphatic heterocycles. The molecule has 1 aromatic carbocycles. The molecular weight excluding hydrogens is 314 g/mol. The zero-order valence-electron chi connectivity index (χ0n) is 13.3. The van der Waals surface area contributed by atoms with Gasteiger partial charge >= 0.3 is 0 Å². The normalized spacial score (nSPS) is 19.1. The molecule has 23 heavy (non-hydrogen) atoms. The summed E-state index contributed by atoms with van der Waals surface area (Å²) in [5.41, 5.74) is 1.16. The molecule has 3 rings (SSSR count). The summed E-state index contributed by atoms with van der Waals surface area (Å²) in [4.78, 5) is 16.9. The molecule has 6 nitrogen and oxygen atoms in total. The minimum absolute atomic E-state index is 0.0572. The molecule has 1 unspecified atom stereocenters. The number of rotatable bonds is 3. The van der Waals surface area contributed by atoms with Crippen molar-refractivity contribution in [2.24, 2.45) is 0 Å². The van der Waals surface area contributed by atoms with Crippen LogP contribution in [0.4, 0.5) is 0 Å². The zero-order chi connectivity index (χ0) is 16.4. The number of likely N-dealkylation sites (N-methyl/N-ethyl adjacent to an activating group) is 1. The van der Waals surface area contributed by atoms with Gasteiger partial charge in [-0.25, -0.2) is 4.68 Å². The number of piperazine rings is 1. The highest BCUT2D eigenvalue weighted by Gasteiger charge is 2.29. The van der Waals surface area contributed by atoms with E-state index >= 15 is 0 Å². The lowest BCUT2D eigenvalue weighted by Gasteiger charge is -2.39. The van der Waals surface area contributed by atoms with E-state index in [0.29, 0.717) is 10.7 Å². The lowest BCUT2D eigenvalue weighted by atomic mass is 10.1. The first kappa shape index (κ1) is 16.0. The lowest BCUT2D eigenvalue weighted by molar-refractivity contribution is 0.0488. The second-order valence-corrected chi connectivity index (χ2v) is 6.29. The Bertz CT molecular complexity index is 701. The highest BCUT2D eigenvalue weighted by molar-refractivity contribution is 6.30. The number of hydrogen-bond donors (Lipinski definition) is 0. The van der Waals surface area contributed by atoms with Crippen LogP contribution in [0.1, 0.15) is 23.8 Å². The van der Waals surface area contributed by atoms with E-state index in [1.54, 1.807) is 23.0 Å². The van der Waals surface area contributed by atoms with Gasteiger partial charge in [-0.1, -0.05) is 29.8 Å². The third-order valence-corrected chi connectivity index (χ3v) is 4.44. The van der Waals surface area contributed by atoms with Crippen molar-refractivity contribution in [1.29, 1.82) is 0 Å². The Labute approximate surface area is 140 Å². The van der Waals surface area contributed by atoms with Gasteiger partial charge in [0, 0.05) is 30.7 Å². The van der Waals surface area contributed by atoms with Crippen LogP contribution in [0.2, 0.25) is 5.02 Å². The van der Waals surface area contributed by atoms with Crippen LogP contribution < -0.4 is 0 Å². The topological polar surface area (TPSA) is 54.3 Å². The minimum Gasteiger partial charge on any atom is -0.332 e. The van der Waals surface area contributed by atoms with E-state index in [-0.39, 0.29) is 11.9 Å². The van der Waals surface area contributed by atoms with Gasteiger partial charge < -0.3 is 9.80 Å². The molecule has 1 atom stereocenters. The van der Waals surface area contributed by atoms with Crippen LogP contribution in [-0.4, -0.2) is 63.4 Å². The smallest absolute Gasteiger partial charge is 0.276 e. The first-order chi connectivity index (χ1) is 11.1. The molecule has 122 valence electrons. The van der Waals surface area contributed by atoms with Crippen molar-refractivity contribution >= 4 is 17.5 Å². The van der Waals surface area contributed by atoms with E-state index in [0.717, 1.165) is 31.7 Å². The molecule has 0 saturated carbocycles. The summed E-state index contributed by atoms with van der Waals surface area (Å²) in [6.07, 6.45) is 2.59. The lowest BCUT2D eigenvalue weighted by Crippen LogP contribution is -2.53. The van der Waals surface area contributed by atoms with Gasteiger partial charge in [-0.3, -0.25) is 4.79 Å². The summed E-state index contributed by atoms with van der Waals surface area (Å²) in [6.45, 7) is 4.60. The Morgan fingerprint density at radius 3 is 2.96 bits per heavy atom. The third kappa shape index (κ3) is 3.38. The fourth-order valence-corrected chi connectivity index (χ4v) is 3.07. The van der Waals surface area contributed by atoms with Gasteiger partial charge in [0.25, 0.3) is 5.91 Å². The third-order valence-electron chi connectivity index (χ3n) is 4.20. The predicted octanol–water partition coefficient (Wildman–Crippen LogP) is 2.09. The molecule has 0 aliphatic carbocycles. The highest BCUT2D eigenvalue weighted by atomic mass is 35.5. The van der Waals surface area contributed by atoms with Gasteiger partial charge in [-0.2, -0.15) is 0 Å². The summed E-state index contributed by atoms with van der Waals surface area (Å²) in [7, 11) is 2.08. The number of hydrogen-bond acceptors (Lipinski definition) is 4. The SMILES string of the molecule is CCC1CN(C)CCN1C(=O)c1cn(-c2cccc(Cl)c2)nn1. The average molecular weight is 334 g/mol. The Hall–Kier alpha value is -1.92. The molecule has 1 fully saturated rings. The van der Waals surface area contributed by atoms with E-state index in [4.69, 9.17) is 11.6 Å². The monoisotopic (exact) mass is 333 g/mol. The van der Waals surface area contributed by atoms with E-state index in [2.05, 4.69) is 29.2 Å². The summed E-state index contributed by atoms with van der Waals surface area (Å²) in [6, 6.07) is 7.52. The van der Waals surface area contributed by atoms with Crippen molar-refractivity contribution in [2.75, 3.05) is 26.7 Å². The maximum Gasteiger partial charge on any atom is 0.276 e. The Morgan fingerprint density at radius 2 is 2.22 bits per heavy atom. The maximum absolute atomic E-state index is 12.8. The Kier molecular flexibility index (Phi) is 4.63. The van der Waals surface area contributed by atoms with Crippen LogP contribution in [-0.2, 0) is 0 Å². The molecule has 7 heteroatoms. The van der Waals surface area contributed by atoms with E-state index in [1.807, 2.05) is 17.0 Å². The van der Waals surface area contributed by atoms with Gasteiger partial charge in [0.1, 0.15) is 0 Å². The van der Waals surface area contributed by atoms with Gasteiger partial charge in [0.2, 0.25) is 0 Å². The summed E-state index contributed by atoms with van der Waals surface area (Å²) in [5.74, 6) is -0.0572. The van der Waals surface area contributed by atoms with Crippen molar-refractivity contribution in [3.8, 4) is 5.69 Å². The van der Waals surface area contributed by atoms with Gasteiger partial charge in [0.05, 0.1) is 11.9 Å². The molecule has 1 saturated heterocycles. The van der Waals surface area contributed by atoms with Crippen LogP contribution >= 0.6 is 11.6 Å². The number of carbonyl (C=O) groups excluding carboxylic acids is 1. The maximum atomic E-state index is 12.8. The standard InChI is InChI=1S/C16H20ClN5O/c1-3-13-10-20(2)7-8-21(13)16(23)15-11-22(19-18-15)14-6-4-5-12(17)9-14/h4-6,9,11,13H,3,7-8,10H2,1-2H3. The number of aromatic nitrogens is 3. The van der Waals surface area contributed by atoms with Gasteiger partial charge in [0.15, 0.2) is 5.69 Å². The molecule has 1 amide bonds. The van der Waals surface area contributed by atoms with Crippen molar-refractivity contribution in [3.63, 3.8) is 0 Å². The van der Waals surface area contributed by atoms with Crippen LogP contribution in [0.5, 0.6) is 0 Å². The van der Waals surface area contributed by atoms with Gasteiger partial charge in [-0.15, -0.1) is 5.10 Å². The van der Waals surface area contributed by atoms with Crippen molar-refractivity contribution < 1.29 is 4.79 Å². The average Bonchev–Trinajstić information content (AvgIpc) is 3.04. The first-order valence-electron chi connectivity index (χ1n) is 7.76. The van der Waals surface area contributed by atoms with Crippen LogP contribution in [0.15, 0.2) is 30.5 Å². The summed E-state index contributed by atoms with van der Waals surface area (Å²) in [5, 5.41) is 8.73. The molecule has 2 aromatic rings. The zero-order valence-corrected chi connectivity index (χ0v) is 14.1. The number of amides is 1. The summed E-state index contributed by atoms with van der Waals surface area (Å²) >= 11 is 6.00. The first-order valence-corrected chi connectivity index (χ1v) is 8.14. The predicted molar refractivity (Wildman–Crippen MR) is 89.0 cm³/mol. The number of carbonyl (C=O) groups is 1. The fraction of sp³-hybridized carbons (Fsp3) is 0.438. The second kappa shape index (κ2) is 6.68. The van der Waals surface area contributed by atoms with Crippen molar-refractivity contribution in [1.82, 2.24) is 24.8 Å². The highest BCUT2D eigenvalue weighted by Crippen LogP contribution is 2.17. The molecule has 0 bridgehead atoms. The largest absolute Gasteiger partial charge is 0.332 e. The molecule has 0 N–H and O–H groups in total. The quantitative estimate of drug-likeness (QED) is 0.863. The molecule has 1 aliphatic rings. The Balaban J connectivity index is 1.81. The Morgan fingerprint density at radius 1 is 1.39 bits per heavy atom.